The first-order valence-corrected chi connectivity index (χ1v) is 7.57. The van der Waals surface area contributed by atoms with E-state index in [0.717, 1.165) is 9.37 Å². The smallest absolute Gasteiger partial charge is 0.232 e. The predicted octanol–water partition coefficient (Wildman–Crippen LogP) is 2.77. The second-order valence-electron chi connectivity index (χ2n) is 4.20. The molecule has 18 heavy (non-hydrogen) atoms. The molecular formula is C13H18BrNO2S. The zero-order chi connectivity index (χ0) is 13.5. The van der Waals surface area contributed by atoms with Crippen LogP contribution in [0.4, 0.5) is 0 Å². The summed E-state index contributed by atoms with van der Waals surface area (Å²) in [5.41, 5.74) is 0. The number of carbonyl (C=O) groups excluding carboxylic acids is 1. The second-order valence-corrected chi connectivity index (χ2v) is 6.16. The van der Waals surface area contributed by atoms with Crippen LogP contribution in [0, 0.1) is 0 Å². The number of aliphatic hydroxyl groups is 1. The van der Waals surface area contributed by atoms with Gasteiger partial charge in [-0.1, -0.05) is 22.0 Å². The molecule has 0 aromatic heterocycles. The van der Waals surface area contributed by atoms with Gasteiger partial charge in [-0.05, 0) is 31.5 Å². The summed E-state index contributed by atoms with van der Waals surface area (Å²) in [7, 11) is 1.77. The fourth-order valence-electron chi connectivity index (χ4n) is 1.32. The topological polar surface area (TPSA) is 40.5 Å². The van der Waals surface area contributed by atoms with Crippen LogP contribution in [-0.2, 0) is 4.79 Å². The zero-order valence-electron chi connectivity index (χ0n) is 10.6. The first-order valence-electron chi connectivity index (χ1n) is 5.79. The van der Waals surface area contributed by atoms with Crippen molar-refractivity contribution in [2.24, 2.45) is 0 Å². The molecule has 1 aromatic carbocycles. The van der Waals surface area contributed by atoms with Crippen LogP contribution in [0.25, 0.3) is 0 Å². The normalized spacial score (nSPS) is 12.2. The van der Waals surface area contributed by atoms with E-state index in [0.29, 0.717) is 18.7 Å². The van der Waals surface area contributed by atoms with E-state index < -0.39 is 0 Å². The second kappa shape index (κ2) is 7.81. The molecule has 0 aliphatic carbocycles. The molecule has 0 bridgehead atoms. The van der Waals surface area contributed by atoms with Gasteiger partial charge in [-0.2, -0.15) is 0 Å². The standard InChI is InChI=1S/C13H18BrNO2S/c1-10(16)6-7-15(2)13(17)9-18-12-5-3-4-11(14)8-12/h3-5,8,10,16H,6-7,9H2,1-2H3/t10-/m0/s1. The van der Waals surface area contributed by atoms with E-state index in [1.807, 2.05) is 24.3 Å². The van der Waals surface area contributed by atoms with E-state index in [1.54, 1.807) is 18.9 Å². The van der Waals surface area contributed by atoms with Gasteiger partial charge in [-0.25, -0.2) is 0 Å². The van der Waals surface area contributed by atoms with Gasteiger partial charge in [0.05, 0.1) is 11.9 Å². The average molecular weight is 332 g/mol. The lowest BCUT2D eigenvalue weighted by molar-refractivity contribution is -0.127. The summed E-state index contributed by atoms with van der Waals surface area (Å²) < 4.78 is 1.02. The molecule has 1 rings (SSSR count). The van der Waals surface area contributed by atoms with Crippen LogP contribution in [0.2, 0.25) is 0 Å². The highest BCUT2D eigenvalue weighted by molar-refractivity contribution is 9.10. The maximum atomic E-state index is 11.8. The molecule has 0 radical (unpaired) electrons. The fraction of sp³-hybridized carbons (Fsp3) is 0.462. The molecule has 0 spiro atoms. The van der Waals surface area contributed by atoms with Crippen molar-refractivity contribution in [3.8, 4) is 0 Å². The number of carbonyl (C=O) groups is 1. The molecule has 0 aliphatic heterocycles. The number of hydrogen-bond acceptors (Lipinski definition) is 3. The summed E-state index contributed by atoms with van der Waals surface area (Å²) in [4.78, 5) is 14.6. The minimum absolute atomic E-state index is 0.0839. The number of amides is 1. The quantitative estimate of drug-likeness (QED) is 0.815. The van der Waals surface area contributed by atoms with Crippen molar-refractivity contribution in [3.63, 3.8) is 0 Å². The molecule has 100 valence electrons. The number of rotatable bonds is 6. The van der Waals surface area contributed by atoms with Crippen molar-refractivity contribution in [1.82, 2.24) is 4.90 Å². The van der Waals surface area contributed by atoms with E-state index in [-0.39, 0.29) is 12.0 Å². The molecule has 1 atom stereocenters. The monoisotopic (exact) mass is 331 g/mol. The van der Waals surface area contributed by atoms with E-state index >= 15 is 0 Å². The van der Waals surface area contributed by atoms with Crippen LogP contribution in [0.3, 0.4) is 0 Å². The van der Waals surface area contributed by atoms with Gasteiger partial charge in [0.1, 0.15) is 0 Å². The Morgan fingerprint density at radius 1 is 1.56 bits per heavy atom. The molecule has 1 N–H and O–H groups in total. The first-order chi connectivity index (χ1) is 8.49. The molecule has 0 saturated heterocycles. The largest absolute Gasteiger partial charge is 0.393 e. The summed E-state index contributed by atoms with van der Waals surface area (Å²) in [6.07, 6.45) is 0.252. The Hall–Kier alpha value is -0.520. The third-order valence-electron chi connectivity index (χ3n) is 2.47. The fourth-order valence-corrected chi connectivity index (χ4v) is 2.76. The molecule has 0 heterocycles. The van der Waals surface area contributed by atoms with Crippen molar-refractivity contribution in [1.29, 1.82) is 0 Å². The summed E-state index contributed by atoms with van der Waals surface area (Å²) in [6, 6.07) is 7.89. The van der Waals surface area contributed by atoms with Gasteiger partial charge >= 0.3 is 0 Å². The van der Waals surface area contributed by atoms with Crippen LogP contribution < -0.4 is 0 Å². The molecule has 0 unspecified atom stereocenters. The zero-order valence-corrected chi connectivity index (χ0v) is 13.0. The van der Waals surface area contributed by atoms with E-state index in [1.165, 1.54) is 11.8 Å². The SMILES string of the molecule is C[C@H](O)CCN(C)C(=O)CSc1cccc(Br)c1. The van der Waals surface area contributed by atoms with Crippen molar-refractivity contribution >= 4 is 33.6 Å². The first kappa shape index (κ1) is 15.5. The molecular weight excluding hydrogens is 314 g/mol. The number of nitrogens with zero attached hydrogens (tertiary/aromatic N) is 1. The van der Waals surface area contributed by atoms with Crippen molar-refractivity contribution in [2.75, 3.05) is 19.3 Å². The van der Waals surface area contributed by atoms with Gasteiger partial charge in [0, 0.05) is 23.0 Å². The molecule has 3 nitrogen and oxygen atoms in total. The predicted molar refractivity (Wildman–Crippen MR) is 78.8 cm³/mol. The highest BCUT2D eigenvalue weighted by Crippen LogP contribution is 2.22. The number of hydrogen-bond donors (Lipinski definition) is 1. The summed E-state index contributed by atoms with van der Waals surface area (Å²) in [5.74, 6) is 0.507. The van der Waals surface area contributed by atoms with E-state index in [2.05, 4.69) is 15.9 Å². The van der Waals surface area contributed by atoms with Crippen LogP contribution in [0.5, 0.6) is 0 Å². The minimum atomic E-state index is -0.363. The lowest BCUT2D eigenvalue weighted by Crippen LogP contribution is -2.30. The Bertz CT molecular complexity index is 398. The summed E-state index contributed by atoms with van der Waals surface area (Å²) in [5, 5.41) is 9.17. The Labute approximate surface area is 121 Å². The maximum absolute atomic E-state index is 11.8. The number of benzene rings is 1. The highest BCUT2D eigenvalue weighted by Gasteiger charge is 2.10. The molecule has 0 aliphatic rings. The minimum Gasteiger partial charge on any atom is -0.393 e. The Balaban J connectivity index is 2.36. The highest BCUT2D eigenvalue weighted by atomic mass is 79.9. The van der Waals surface area contributed by atoms with Gasteiger partial charge in [0.15, 0.2) is 0 Å². The third kappa shape index (κ3) is 5.89. The Kier molecular flexibility index (Phi) is 6.75. The molecule has 0 saturated carbocycles. The van der Waals surface area contributed by atoms with Gasteiger partial charge in [0.2, 0.25) is 5.91 Å². The maximum Gasteiger partial charge on any atom is 0.232 e. The lowest BCUT2D eigenvalue weighted by atomic mass is 10.3. The lowest BCUT2D eigenvalue weighted by Gasteiger charge is -2.17. The number of aliphatic hydroxyl groups excluding tert-OH is 1. The van der Waals surface area contributed by atoms with Crippen LogP contribution in [0.1, 0.15) is 13.3 Å². The van der Waals surface area contributed by atoms with Crippen molar-refractivity contribution in [3.05, 3.63) is 28.7 Å². The average Bonchev–Trinajstić information content (AvgIpc) is 2.33. The molecule has 1 aromatic rings. The van der Waals surface area contributed by atoms with E-state index in [9.17, 15) is 9.90 Å². The van der Waals surface area contributed by atoms with Crippen LogP contribution >= 0.6 is 27.7 Å². The summed E-state index contributed by atoms with van der Waals surface area (Å²) >= 11 is 4.92. The van der Waals surface area contributed by atoms with Crippen LogP contribution in [-0.4, -0.2) is 41.4 Å². The molecule has 1 amide bonds. The Morgan fingerprint density at radius 2 is 2.28 bits per heavy atom. The third-order valence-corrected chi connectivity index (χ3v) is 3.94. The molecule has 5 heteroatoms. The van der Waals surface area contributed by atoms with E-state index in [4.69, 9.17) is 0 Å². The Morgan fingerprint density at radius 3 is 2.89 bits per heavy atom. The number of thioether (sulfide) groups is 1. The van der Waals surface area contributed by atoms with Crippen molar-refractivity contribution < 1.29 is 9.90 Å². The molecule has 0 fully saturated rings. The number of halogens is 1. The van der Waals surface area contributed by atoms with Gasteiger partial charge in [-0.3, -0.25) is 4.79 Å². The van der Waals surface area contributed by atoms with Gasteiger partial charge in [-0.15, -0.1) is 11.8 Å². The van der Waals surface area contributed by atoms with Crippen molar-refractivity contribution in [2.45, 2.75) is 24.3 Å². The van der Waals surface area contributed by atoms with Gasteiger partial charge in [0.25, 0.3) is 0 Å². The summed E-state index contributed by atoms with van der Waals surface area (Å²) in [6.45, 7) is 2.32. The van der Waals surface area contributed by atoms with Gasteiger partial charge < -0.3 is 10.0 Å². The van der Waals surface area contributed by atoms with Crippen LogP contribution in [0.15, 0.2) is 33.6 Å².